The number of likely N-dealkylation sites (tertiary alicyclic amines) is 1. The van der Waals surface area contributed by atoms with Crippen molar-refractivity contribution in [1.29, 1.82) is 0 Å². The van der Waals surface area contributed by atoms with Gasteiger partial charge in [0.25, 0.3) is 5.91 Å². The van der Waals surface area contributed by atoms with Crippen molar-refractivity contribution in [3.63, 3.8) is 0 Å². The summed E-state index contributed by atoms with van der Waals surface area (Å²) in [4.78, 5) is 17.8. The lowest BCUT2D eigenvalue weighted by Crippen LogP contribution is -2.42. The van der Waals surface area contributed by atoms with E-state index in [1.807, 2.05) is 0 Å². The van der Waals surface area contributed by atoms with Gasteiger partial charge in [-0.05, 0) is 18.2 Å². The molecule has 1 aliphatic rings. The summed E-state index contributed by atoms with van der Waals surface area (Å²) in [5.74, 6) is 0.552. The monoisotopic (exact) mass is 393 g/mol. The molecule has 0 aliphatic carbocycles. The fourth-order valence-electron chi connectivity index (χ4n) is 3.44. The lowest BCUT2D eigenvalue weighted by atomic mass is 10.1. The minimum Gasteiger partial charge on any atom is -0.490 e. The number of hydrogen-bond donors (Lipinski definition) is 1. The van der Waals surface area contributed by atoms with Crippen LogP contribution < -0.4 is 4.74 Å². The van der Waals surface area contributed by atoms with Crippen LogP contribution in [0.25, 0.3) is 10.9 Å². The van der Waals surface area contributed by atoms with Gasteiger partial charge in [-0.15, -0.1) is 0 Å². The Hall–Kier alpha value is -3.04. The maximum atomic E-state index is 12.7. The Labute approximate surface area is 158 Å². The Morgan fingerprint density at radius 1 is 1.25 bits per heavy atom. The molecular weight excluding hydrogens is 375 g/mol. The van der Waals surface area contributed by atoms with Gasteiger partial charge in [0, 0.05) is 37.5 Å². The third kappa shape index (κ3) is 3.80. The van der Waals surface area contributed by atoms with E-state index in [2.05, 4.69) is 15.2 Å². The van der Waals surface area contributed by atoms with Crippen LogP contribution in [0.5, 0.6) is 5.75 Å². The molecule has 0 saturated carbocycles. The number of H-pyrrole nitrogens is 1. The van der Waals surface area contributed by atoms with E-state index in [4.69, 9.17) is 4.74 Å². The van der Waals surface area contributed by atoms with Crippen molar-refractivity contribution in [3.05, 3.63) is 42.6 Å². The Balaban J connectivity index is 1.43. The largest absolute Gasteiger partial charge is 0.490 e. The van der Waals surface area contributed by atoms with Gasteiger partial charge in [-0.25, -0.2) is 4.98 Å². The molecule has 1 aromatic carbocycles. The molecule has 2 aromatic heterocycles. The van der Waals surface area contributed by atoms with Crippen LogP contribution >= 0.6 is 0 Å². The van der Waals surface area contributed by atoms with Crippen LogP contribution in [-0.4, -0.2) is 55.9 Å². The van der Waals surface area contributed by atoms with Crippen molar-refractivity contribution in [2.45, 2.75) is 31.7 Å². The van der Waals surface area contributed by atoms with Gasteiger partial charge >= 0.3 is 6.18 Å². The van der Waals surface area contributed by atoms with Crippen LogP contribution in [-0.2, 0) is 6.54 Å². The highest BCUT2D eigenvalue weighted by molar-refractivity contribution is 5.90. The predicted molar refractivity (Wildman–Crippen MR) is 93.9 cm³/mol. The van der Waals surface area contributed by atoms with Crippen LogP contribution in [0.3, 0.4) is 0 Å². The molecule has 0 atom stereocenters. The molecule has 1 N–H and O–H groups in total. The Morgan fingerprint density at radius 2 is 2.04 bits per heavy atom. The molecule has 10 heteroatoms. The molecule has 1 fully saturated rings. The quantitative estimate of drug-likeness (QED) is 0.739. The van der Waals surface area contributed by atoms with Crippen molar-refractivity contribution in [2.24, 2.45) is 0 Å². The first-order valence-corrected chi connectivity index (χ1v) is 8.86. The van der Waals surface area contributed by atoms with Gasteiger partial charge in [-0.3, -0.25) is 9.89 Å². The summed E-state index contributed by atoms with van der Waals surface area (Å²) in [6, 6.07) is 6.73. The Morgan fingerprint density at radius 3 is 2.71 bits per heavy atom. The topological polar surface area (TPSA) is 76.0 Å². The average molecular weight is 393 g/mol. The van der Waals surface area contributed by atoms with Gasteiger partial charge in [0.2, 0.25) is 5.82 Å². The van der Waals surface area contributed by atoms with E-state index in [9.17, 15) is 18.0 Å². The van der Waals surface area contributed by atoms with E-state index in [0.717, 1.165) is 0 Å². The van der Waals surface area contributed by atoms with Gasteiger partial charge in [0.1, 0.15) is 24.7 Å². The first-order chi connectivity index (χ1) is 13.4. The van der Waals surface area contributed by atoms with E-state index < -0.39 is 12.7 Å². The number of nitrogens with zero attached hydrogens (tertiary/aromatic N) is 4. The molecule has 1 amide bonds. The summed E-state index contributed by atoms with van der Waals surface area (Å²) < 4.78 is 45.4. The molecule has 0 spiro atoms. The molecule has 7 nitrogen and oxygen atoms in total. The number of fused-ring (bicyclic) bond motifs is 1. The van der Waals surface area contributed by atoms with E-state index in [1.54, 1.807) is 29.2 Å². The molecule has 3 heterocycles. The van der Waals surface area contributed by atoms with Crippen LogP contribution in [0.15, 0.2) is 36.8 Å². The molecule has 0 unspecified atom stereocenters. The summed E-state index contributed by atoms with van der Waals surface area (Å²) in [6.45, 7) is -0.0212. The maximum absolute atomic E-state index is 12.7. The first kappa shape index (κ1) is 18.3. The number of carbonyl (C=O) groups excluding carboxylic acids is 1. The third-order valence-electron chi connectivity index (χ3n) is 4.76. The highest BCUT2D eigenvalue weighted by Crippen LogP contribution is 2.31. The normalized spacial score (nSPS) is 15.9. The number of aromatic nitrogens is 4. The lowest BCUT2D eigenvalue weighted by molar-refractivity contribution is -0.139. The zero-order valence-electron chi connectivity index (χ0n) is 14.8. The Bertz CT molecular complexity index is 959. The number of alkyl halides is 3. The molecular formula is C18H18F3N5O2. The number of halogens is 3. The second-order valence-electron chi connectivity index (χ2n) is 6.69. The smallest absolute Gasteiger partial charge is 0.406 e. The number of carbonyl (C=O) groups is 1. The molecule has 0 radical (unpaired) electrons. The number of piperidine rings is 1. The number of aromatic amines is 1. The summed E-state index contributed by atoms with van der Waals surface area (Å²) >= 11 is 0. The van der Waals surface area contributed by atoms with Crippen molar-refractivity contribution in [3.8, 4) is 5.75 Å². The summed E-state index contributed by atoms with van der Waals surface area (Å²) in [5.41, 5.74) is 0.479. The summed E-state index contributed by atoms with van der Waals surface area (Å²) in [5, 5.41) is 6.88. The molecule has 1 aliphatic heterocycles. The van der Waals surface area contributed by atoms with E-state index >= 15 is 0 Å². The van der Waals surface area contributed by atoms with Crippen LogP contribution in [0.4, 0.5) is 13.2 Å². The van der Waals surface area contributed by atoms with Gasteiger partial charge in [-0.1, -0.05) is 6.07 Å². The molecule has 4 rings (SSSR count). The van der Waals surface area contributed by atoms with Gasteiger partial charge < -0.3 is 14.2 Å². The van der Waals surface area contributed by atoms with Gasteiger partial charge in [-0.2, -0.15) is 18.3 Å². The summed E-state index contributed by atoms with van der Waals surface area (Å²) in [7, 11) is 0. The minimum atomic E-state index is -4.29. The maximum Gasteiger partial charge on any atom is 0.406 e. The fourth-order valence-corrected chi connectivity index (χ4v) is 3.44. The first-order valence-electron chi connectivity index (χ1n) is 8.86. The van der Waals surface area contributed by atoms with E-state index in [0.29, 0.717) is 42.6 Å². The lowest BCUT2D eigenvalue weighted by Gasteiger charge is -2.31. The van der Waals surface area contributed by atoms with E-state index in [1.165, 1.54) is 17.1 Å². The number of nitrogens with one attached hydrogen (secondary N) is 1. The number of benzene rings is 1. The van der Waals surface area contributed by atoms with Crippen LogP contribution in [0.2, 0.25) is 0 Å². The third-order valence-corrected chi connectivity index (χ3v) is 4.76. The van der Waals surface area contributed by atoms with E-state index in [-0.39, 0.29) is 17.8 Å². The Kier molecular flexibility index (Phi) is 4.70. The summed E-state index contributed by atoms with van der Waals surface area (Å²) in [6.07, 6.45) is -0.446. The highest BCUT2D eigenvalue weighted by Gasteiger charge is 2.29. The number of hydrogen-bond acceptors (Lipinski definition) is 4. The molecule has 0 bridgehead atoms. The van der Waals surface area contributed by atoms with Crippen molar-refractivity contribution < 1.29 is 22.7 Å². The molecule has 3 aromatic rings. The predicted octanol–water partition coefficient (Wildman–Crippen LogP) is 3.01. The molecule has 28 heavy (non-hydrogen) atoms. The molecule has 148 valence electrons. The van der Waals surface area contributed by atoms with Crippen LogP contribution in [0.1, 0.15) is 23.5 Å². The SMILES string of the molecule is O=C(c1ncn[nH]1)N1CCC(Oc2cccc3c2ccn3CC(F)(F)F)CC1. The second kappa shape index (κ2) is 7.17. The van der Waals surface area contributed by atoms with Crippen molar-refractivity contribution in [1.82, 2.24) is 24.6 Å². The standard InChI is InChI=1S/C18H18F3N5O2/c19-18(20,21)10-26-9-6-13-14(26)2-1-3-15(13)28-12-4-7-25(8-5-12)17(27)16-22-11-23-24-16/h1-3,6,9,11-12H,4-5,7-8,10H2,(H,22,23,24). The second-order valence-corrected chi connectivity index (χ2v) is 6.69. The highest BCUT2D eigenvalue weighted by atomic mass is 19.4. The minimum absolute atomic E-state index is 0.115. The van der Waals surface area contributed by atoms with Crippen molar-refractivity contribution in [2.75, 3.05) is 13.1 Å². The zero-order chi connectivity index (χ0) is 19.7. The van der Waals surface area contributed by atoms with Gasteiger partial charge in [0.05, 0.1) is 5.52 Å². The zero-order valence-corrected chi connectivity index (χ0v) is 14.8. The van der Waals surface area contributed by atoms with Crippen LogP contribution in [0, 0.1) is 0 Å². The number of ether oxygens (including phenoxy) is 1. The molecule has 1 saturated heterocycles. The number of rotatable bonds is 4. The van der Waals surface area contributed by atoms with Gasteiger partial charge in [0.15, 0.2) is 0 Å². The fraction of sp³-hybridized carbons (Fsp3) is 0.389. The average Bonchev–Trinajstić information content (AvgIpc) is 3.32. The van der Waals surface area contributed by atoms with Crippen molar-refractivity contribution >= 4 is 16.8 Å². The number of amides is 1.